The van der Waals surface area contributed by atoms with Gasteiger partial charge >= 0.3 is 5.97 Å². The van der Waals surface area contributed by atoms with Gasteiger partial charge < -0.3 is 10.0 Å². The molecule has 11 heteroatoms. The molecule has 146 valence electrons. The van der Waals surface area contributed by atoms with E-state index >= 15 is 0 Å². The van der Waals surface area contributed by atoms with Crippen LogP contribution in [0.3, 0.4) is 0 Å². The molecule has 8 nitrogen and oxygen atoms in total. The topological polar surface area (TPSA) is 107 Å². The van der Waals surface area contributed by atoms with Crippen LogP contribution in [-0.4, -0.2) is 62.9 Å². The molecule has 1 aromatic carbocycles. The lowest BCUT2D eigenvalue weighted by Gasteiger charge is -2.37. The zero-order valence-corrected chi connectivity index (χ0v) is 17.6. The summed E-state index contributed by atoms with van der Waals surface area (Å²) < 4.78 is 29.6. The molecule has 2 fully saturated rings. The summed E-state index contributed by atoms with van der Waals surface area (Å²) in [5.74, 6) is -1.53. The lowest BCUT2D eigenvalue weighted by Crippen LogP contribution is -2.63. The van der Waals surface area contributed by atoms with Crippen molar-refractivity contribution < 1.29 is 23.1 Å². The monoisotopic (exact) mass is 429 g/mol. The van der Waals surface area contributed by atoms with Gasteiger partial charge in [-0.2, -0.15) is 4.40 Å². The van der Waals surface area contributed by atoms with E-state index in [1.54, 1.807) is 26.0 Å². The van der Waals surface area contributed by atoms with Gasteiger partial charge in [-0.25, -0.2) is 13.2 Å². The number of carbonyl (C=O) groups excluding carboxylic acids is 1. The van der Waals surface area contributed by atoms with Crippen molar-refractivity contribution in [2.45, 2.75) is 41.8 Å². The zero-order chi connectivity index (χ0) is 20.1. The van der Waals surface area contributed by atoms with E-state index in [0.29, 0.717) is 12.1 Å². The first-order chi connectivity index (χ1) is 12.5. The molecule has 2 heterocycles. The minimum atomic E-state index is -3.76. The van der Waals surface area contributed by atoms with Crippen LogP contribution in [0.5, 0.6) is 0 Å². The van der Waals surface area contributed by atoms with Gasteiger partial charge in [0.05, 0.1) is 17.0 Å². The molecule has 2 atom stereocenters. The normalized spacial score (nSPS) is 25.6. The third-order valence-corrected chi connectivity index (χ3v) is 8.78. The Kier molecular flexibility index (Phi) is 5.08. The number of aliphatic carboxylic acids is 1. The Bertz CT molecular complexity index is 927. The Hall–Kier alpha value is -1.56. The second-order valence-corrected chi connectivity index (χ2v) is 11.6. The van der Waals surface area contributed by atoms with E-state index in [-0.39, 0.29) is 10.6 Å². The smallest absolute Gasteiger partial charge is 0.327 e. The molecule has 0 radical (unpaired) electrons. The number of hydrogen-bond acceptors (Lipinski definition) is 7. The summed E-state index contributed by atoms with van der Waals surface area (Å²) in [6.07, 6.45) is 0. The number of β-lactam (4-membered cyclic amide) rings is 1. The number of hydrogen-bond donors (Lipinski definition) is 1. The fourth-order valence-electron chi connectivity index (χ4n) is 2.97. The molecule has 0 saturated carbocycles. The predicted molar refractivity (Wildman–Crippen MR) is 105 cm³/mol. The minimum Gasteiger partial charge on any atom is -0.480 e. The summed E-state index contributed by atoms with van der Waals surface area (Å²) in [5.41, 5.74) is 1.12. The van der Waals surface area contributed by atoms with Crippen LogP contribution in [0.1, 0.15) is 19.4 Å². The average molecular weight is 430 g/mol. The maximum absolute atomic E-state index is 12.6. The van der Waals surface area contributed by atoms with E-state index in [2.05, 4.69) is 4.40 Å². The van der Waals surface area contributed by atoms with Crippen LogP contribution in [0, 0.1) is 6.92 Å². The first-order valence-corrected chi connectivity index (χ1v) is 11.1. The van der Waals surface area contributed by atoms with Gasteiger partial charge in [-0.1, -0.05) is 17.7 Å². The summed E-state index contributed by atoms with van der Waals surface area (Å²) in [6, 6.07) is 5.50. The van der Waals surface area contributed by atoms with Crippen LogP contribution < -0.4 is 0 Å². The summed E-state index contributed by atoms with van der Waals surface area (Å²) in [6.45, 7) is 5.39. The second-order valence-electron chi connectivity index (χ2n) is 6.81. The third-order valence-electron chi connectivity index (χ3n) is 4.44. The summed E-state index contributed by atoms with van der Waals surface area (Å²) in [4.78, 5) is 25.3. The van der Waals surface area contributed by atoms with Gasteiger partial charge in [-0.3, -0.25) is 4.79 Å². The van der Waals surface area contributed by atoms with E-state index in [1.807, 2.05) is 6.92 Å². The van der Waals surface area contributed by atoms with E-state index in [1.165, 1.54) is 35.8 Å². The van der Waals surface area contributed by atoms with Crippen LogP contribution in [-0.2, 0) is 19.6 Å². The number of rotatable bonds is 5. The third kappa shape index (κ3) is 3.37. The molecular weight excluding hydrogens is 410 g/mol. The van der Waals surface area contributed by atoms with Crippen molar-refractivity contribution in [2.75, 3.05) is 7.05 Å². The highest BCUT2D eigenvalue weighted by atomic mass is 32.3. The van der Waals surface area contributed by atoms with Crippen LogP contribution in [0.2, 0.25) is 0 Å². The Morgan fingerprint density at radius 1 is 1.33 bits per heavy atom. The number of fused-ring (bicyclic) bond motifs is 1. The van der Waals surface area contributed by atoms with Gasteiger partial charge in [0.2, 0.25) is 0 Å². The van der Waals surface area contributed by atoms with Gasteiger partial charge in [0.25, 0.3) is 15.9 Å². The maximum atomic E-state index is 12.6. The van der Waals surface area contributed by atoms with Crippen molar-refractivity contribution in [3.05, 3.63) is 29.8 Å². The van der Waals surface area contributed by atoms with Crippen LogP contribution >= 0.6 is 23.9 Å². The molecule has 2 saturated heterocycles. The number of sulfonamides is 1. The number of thioether (sulfide) groups is 1. The fraction of sp³-hybridized carbons (Fsp3) is 0.438. The SMILES string of the molecule is Cc1ccc(S(=O)(=O)N(C)S/N=C2\C(=O)N3[C@@H]2SC(C)(C)[C@@H]3C(=O)O)cc1. The summed E-state index contributed by atoms with van der Waals surface area (Å²) in [7, 11) is -2.40. The van der Waals surface area contributed by atoms with Crippen LogP contribution in [0.25, 0.3) is 0 Å². The van der Waals surface area contributed by atoms with Crippen molar-refractivity contribution in [1.82, 2.24) is 8.61 Å². The molecule has 0 unspecified atom stereocenters. The van der Waals surface area contributed by atoms with Gasteiger partial charge in [-0.15, -0.1) is 15.5 Å². The molecule has 1 aromatic rings. The van der Waals surface area contributed by atoms with E-state index in [9.17, 15) is 23.1 Å². The molecule has 27 heavy (non-hydrogen) atoms. The number of nitrogens with zero attached hydrogens (tertiary/aromatic N) is 3. The Morgan fingerprint density at radius 2 is 1.93 bits per heavy atom. The fourth-order valence-corrected chi connectivity index (χ4v) is 6.42. The molecule has 0 aromatic heterocycles. The molecule has 0 spiro atoms. The number of aryl methyl sites for hydroxylation is 1. The van der Waals surface area contributed by atoms with Crippen LogP contribution in [0.4, 0.5) is 0 Å². The molecule has 0 bridgehead atoms. The van der Waals surface area contributed by atoms with Gasteiger partial charge in [0, 0.05) is 11.8 Å². The Balaban J connectivity index is 1.76. The number of amides is 1. The summed E-state index contributed by atoms with van der Waals surface area (Å²) >= 11 is 1.99. The number of carboxylic acid groups (broad SMARTS) is 1. The second kappa shape index (κ2) is 6.80. The molecule has 1 amide bonds. The first kappa shape index (κ1) is 20.2. The average Bonchev–Trinajstić information content (AvgIpc) is 2.83. The summed E-state index contributed by atoms with van der Waals surface area (Å²) in [5, 5.41) is 8.93. The van der Waals surface area contributed by atoms with Crippen molar-refractivity contribution in [2.24, 2.45) is 4.40 Å². The van der Waals surface area contributed by atoms with Gasteiger partial charge in [0.15, 0.2) is 0 Å². The highest BCUT2D eigenvalue weighted by molar-refractivity contribution is 8.08. The van der Waals surface area contributed by atoms with E-state index in [4.69, 9.17) is 0 Å². The lowest BCUT2D eigenvalue weighted by molar-refractivity contribution is -0.150. The molecule has 2 aliphatic rings. The predicted octanol–water partition coefficient (Wildman–Crippen LogP) is 1.77. The highest BCUT2D eigenvalue weighted by Gasteiger charge is 2.62. The molecule has 2 aliphatic heterocycles. The van der Waals surface area contributed by atoms with E-state index < -0.39 is 38.1 Å². The molecule has 0 aliphatic carbocycles. The zero-order valence-electron chi connectivity index (χ0n) is 15.1. The lowest BCUT2D eigenvalue weighted by atomic mass is 9.98. The number of carboxylic acids is 1. The molecule has 3 rings (SSSR count). The van der Waals surface area contributed by atoms with Crippen molar-refractivity contribution in [3.63, 3.8) is 0 Å². The Labute approximate surface area is 166 Å². The van der Waals surface area contributed by atoms with Crippen molar-refractivity contribution >= 4 is 51.5 Å². The molecule has 1 N–H and O–H groups in total. The van der Waals surface area contributed by atoms with Crippen molar-refractivity contribution in [1.29, 1.82) is 0 Å². The quantitative estimate of drug-likeness (QED) is 0.561. The Morgan fingerprint density at radius 3 is 2.48 bits per heavy atom. The standard InChI is InChI=1S/C16H19N3O5S3/c1-9-5-7-10(8-6-9)27(23,24)18(4)26-17-11-13(20)19-12(15(21)22)16(2,3)25-14(11)19/h5-8,12,14H,1-4H3,(H,21,22)/b17-11+/t12-,14+/m0/s1. The van der Waals surface area contributed by atoms with Gasteiger partial charge in [0.1, 0.15) is 17.1 Å². The van der Waals surface area contributed by atoms with Gasteiger partial charge in [-0.05, 0) is 32.9 Å². The highest BCUT2D eigenvalue weighted by Crippen LogP contribution is 2.50. The largest absolute Gasteiger partial charge is 0.480 e. The number of carbonyl (C=O) groups is 2. The maximum Gasteiger partial charge on any atom is 0.327 e. The first-order valence-electron chi connectivity index (χ1n) is 8.01. The van der Waals surface area contributed by atoms with E-state index in [0.717, 1.165) is 9.27 Å². The van der Waals surface area contributed by atoms with Crippen LogP contribution in [0.15, 0.2) is 33.6 Å². The molecular formula is C16H19N3O5S3. The minimum absolute atomic E-state index is 0.132. The van der Waals surface area contributed by atoms with Crippen molar-refractivity contribution in [3.8, 4) is 0 Å². The number of benzene rings is 1.